The highest BCUT2D eigenvalue weighted by atomic mass is 16.6. The molecule has 214 valence electrons. The molecule has 0 spiro atoms. The molecule has 39 heavy (non-hydrogen) atoms. The van der Waals surface area contributed by atoms with Crippen molar-refractivity contribution in [1.29, 1.82) is 5.41 Å². The van der Waals surface area contributed by atoms with Gasteiger partial charge in [-0.05, 0) is 37.8 Å². The summed E-state index contributed by atoms with van der Waals surface area (Å²) in [4.78, 5) is 61.9. The molecule has 0 unspecified atom stereocenters. The molecule has 15 nitrogen and oxygen atoms in total. The molecule has 1 fully saturated rings. The van der Waals surface area contributed by atoms with Crippen molar-refractivity contribution in [3.8, 4) is 0 Å². The van der Waals surface area contributed by atoms with Gasteiger partial charge in [-0.25, -0.2) is 4.79 Å². The highest BCUT2D eigenvalue weighted by Crippen LogP contribution is 2.23. The van der Waals surface area contributed by atoms with Crippen LogP contribution in [0, 0.1) is 15.5 Å². The second-order valence-corrected chi connectivity index (χ2v) is 9.06. The summed E-state index contributed by atoms with van der Waals surface area (Å²) in [7, 11) is 1.25. The van der Waals surface area contributed by atoms with Crippen LogP contribution in [0.5, 0.6) is 0 Å². The van der Waals surface area contributed by atoms with Crippen LogP contribution in [0.2, 0.25) is 0 Å². The second kappa shape index (κ2) is 15.7. The zero-order valence-corrected chi connectivity index (χ0v) is 21.9. The van der Waals surface area contributed by atoms with Gasteiger partial charge < -0.3 is 31.7 Å². The van der Waals surface area contributed by atoms with Crippen molar-refractivity contribution in [2.75, 3.05) is 32.1 Å². The Balaban J connectivity index is 1.95. The van der Waals surface area contributed by atoms with E-state index in [9.17, 15) is 29.3 Å². The molecule has 1 aliphatic carbocycles. The van der Waals surface area contributed by atoms with Gasteiger partial charge in [0.05, 0.1) is 18.6 Å². The van der Waals surface area contributed by atoms with Crippen LogP contribution in [0.15, 0.2) is 24.3 Å². The molecule has 1 aromatic carbocycles. The number of nitrogens with one attached hydrogen (secondary N) is 5. The lowest BCUT2D eigenvalue weighted by atomic mass is 9.94. The number of non-ortho nitro benzene ring substituents is 1. The van der Waals surface area contributed by atoms with Crippen molar-refractivity contribution >= 4 is 41.1 Å². The van der Waals surface area contributed by atoms with E-state index in [0.29, 0.717) is 12.1 Å². The lowest BCUT2D eigenvalue weighted by molar-refractivity contribution is -0.384. The zero-order chi connectivity index (χ0) is 28.8. The molecule has 1 atom stereocenters. The van der Waals surface area contributed by atoms with Gasteiger partial charge in [-0.2, -0.15) is 0 Å². The Morgan fingerprint density at radius 3 is 2.38 bits per heavy atom. The van der Waals surface area contributed by atoms with Crippen LogP contribution in [-0.4, -0.2) is 78.4 Å². The summed E-state index contributed by atoms with van der Waals surface area (Å²) in [5.74, 6) is -1.98. The summed E-state index contributed by atoms with van der Waals surface area (Å²) in [6.45, 7) is -0.398. The molecule has 7 N–H and O–H groups in total. The number of hydrogen-bond donors (Lipinski definition) is 6. The maximum atomic E-state index is 12.9. The number of guanidine groups is 1. The van der Waals surface area contributed by atoms with Crippen LogP contribution in [0.1, 0.15) is 44.9 Å². The molecule has 1 aliphatic rings. The maximum absolute atomic E-state index is 12.9. The van der Waals surface area contributed by atoms with Crippen molar-refractivity contribution in [1.82, 2.24) is 20.9 Å². The molecule has 0 heterocycles. The van der Waals surface area contributed by atoms with Gasteiger partial charge in [-0.1, -0.05) is 19.3 Å². The number of nitrogens with zero attached hydrogens (tertiary/aromatic N) is 2. The summed E-state index contributed by atoms with van der Waals surface area (Å²) in [5, 5.41) is 28.3. The van der Waals surface area contributed by atoms with E-state index in [4.69, 9.17) is 15.9 Å². The highest BCUT2D eigenvalue weighted by molar-refractivity contribution is 5.98. The van der Waals surface area contributed by atoms with E-state index < -0.39 is 41.3 Å². The minimum absolute atomic E-state index is 0.109. The summed E-state index contributed by atoms with van der Waals surface area (Å²) in [5.41, 5.74) is 5.42. The third kappa shape index (κ3) is 10.8. The van der Waals surface area contributed by atoms with Crippen LogP contribution in [-0.2, 0) is 19.1 Å². The number of hydrogen-bond acceptors (Lipinski definition) is 8. The van der Waals surface area contributed by atoms with Crippen LogP contribution >= 0.6 is 0 Å². The Bertz CT molecular complexity index is 1030. The fourth-order valence-corrected chi connectivity index (χ4v) is 4.18. The molecule has 0 aliphatic heterocycles. The van der Waals surface area contributed by atoms with Gasteiger partial charge in [0, 0.05) is 30.4 Å². The Labute approximate surface area is 225 Å². The normalized spacial score (nSPS) is 13.9. The minimum Gasteiger partial charge on any atom is -0.453 e. The minimum atomic E-state index is -1.01. The second-order valence-electron chi connectivity index (χ2n) is 9.06. The fraction of sp³-hybridized carbons (Fsp3) is 0.542. The Morgan fingerprint density at radius 1 is 1.13 bits per heavy atom. The molecule has 1 aromatic rings. The van der Waals surface area contributed by atoms with Gasteiger partial charge in [0.15, 0.2) is 5.96 Å². The summed E-state index contributed by atoms with van der Waals surface area (Å²) < 4.78 is 4.82. The van der Waals surface area contributed by atoms with E-state index in [-0.39, 0.29) is 37.2 Å². The van der Waals surface area contributed by atoms with Crippen molar-refractivity contribution in [3.05, 3.63) is 34.4 Å². The predicted octanol–water partition coefficient (Wildman–Crippen LogP) is 0.799. The Hall–Kier alpha value is -4.43. The van der Waals surface area contributed by atoms with Gasteiger partial charge in [0.1, 0.15) is 12.6 Å². The number of nitro benzene ring substituents is 1. The fourth-order valence-electron chi connectivity index (χ4n) is 4.18. The first-order chi connectivity index (χ1) is 18.6. The Kier molecular flexibility index (Phi) is 12.4. The molecule has 0 radical (unpaired) electrons. The Morgan fingerprint density at radius 2 is 1.79 bits per heavy atom. The highest BCUT2D eigenvalue weighted by Gasteiger charge is 2.28. The topological polar surface area (TPSA) is 222 Å². The SMILES string of the molecule is COC(=O)N(CC(=O)NCC(=O)N[C@@H](CCCNC(=N)N)C(=O)Nc1ccc([N+](=O)[O-])cc1)C1CCCCC1. The lowest BCUT2D eigenvalue weighted by Crippen LogP contribution is -2.50. The van der Waals surface area contributed by atoms with Crippen LogP contribution in [0.25, 0.3) is 0 Å². The molecule has 0 aromatic heterocycles. The monoisotopic (exact) mass is 548 g/mol. The number of nitrogens with two attached hydrogens (primary N) is 1. The first-order valence-corrected chi connectivity index (χ1v) is 12.6. The van der Waals surface area contributed by atoms with Crippen LogP contribution in [0.4, 0.5) is 16.2 Å². The predicted molar refractivity (Wildman–Crippen MR) is 142 cm³/mol. The van der Waals surface area contributed by atoms with Crippen molar-refractivity contribution < 1.29 is 28.8 Å². The van der Waals surface area contributed by atoms with Gasteiger partial charge >= 0.3 is 6.09 Å². The number of benzene rings is 1. The molecular weight excluding hydrogens is 512 g/mol. The first-order valence-electron chi connectivity index (χ1n) is 12.6. The van der Waals surface area contributed by atoms with Crippen molar-refractivity contribution in [3.63, 3.8) is 0 Å². The summed E-state index contributed by atoms with van der Waals surface area (Å²) in [6.07, 6.45) is 4.46. The van der Waals surface area contributed by atoms with Crippen LogP contribution < -0.4 is 27.0 Å². The number of methoxy groups -OCH3 is 1. The first kappa shape index (κ1) is 30.8. The van der Waals surface area contributed by atoms with Crippen molar-refractivity contribution in [2.45, 2.75) is 57.0 Å². The average molecular weight is 549 g/mol. The lowest BCUT2D eigenvalue weighted by Gasteiger charge is -2.32. The molecule has 2 rings (SSSR count). The number of carbonyl (C=O) groups is 4. The van der Waals surface area contributed by atoms with E-state index >= 15 is 0 Å². The molecule has 4 amide bonds. The van der Waals surface area contributed by atoms with Crippen LogP contribution in [0.3, 0.4) is 0 Å². The number of anilines is 1. The number of nitro groups is 1. The van der Waals surface area contributed by atoms with E-state index in [1.54, 1.807) is 0 Å². The number of ether oxygens (including phenoxy) is 1. The smallest absolute Gasteiger partial charge is 0.410 e. The standard InChI is InChI=1S/C24H36N8O7/c1-39-24(36)31(17-6-3-2-4-7-17)15-21(34)28-14-20(33)30-19(8-5-13-27-23(25)26)22(35)29-16-9-11-18(12-10-16)32(37)38/h9-12,17,19H,2-8,13-15H2,1H3,(H,28,34)(H,29,35)(H,30,33)(H4,25,26,27)/t19-/m0/s1. The quantitative estimate of drug-likeness (QED) is 0.0673. The summed E-state index contributed by atoms with van der Waals surface area (Å²) >= 11 is 0. The molecule has 0 saturated heterocycles. The van der Waals surface area contributed by atoms with E-state index in [0.717, 1.165) is 32.1 Å². The third-order valence-corrected chi connectivity index (χ3v) is 6.17. The third-order valence-electron chi connectivity index (χ3n) is 6.17. The maximum Gasteiger partial charge on any atom is 0.410 e. The van der Waals surface area contributed by atoms with E-state index in [1.165, 1.54) is 36.3 Å². The van der Waals surface area contributed by atoms with Gasteiger partial charge in [0.25, 0.3) is 5.69 Å². The largest absolute Gasteiger partial charge is 0.453 e. The summed E-state index contributed by atoms with van der Waals surface area (Å²) in [6, 6.07) is 4.09. The van der Waals surface area contributed by atoms with Gasteiger partial charge in [0.2, 0.25) is 17.7 Å². The average Bonchev–Trinajstić information content (AvgIpc) is 2.92. The molecule has 15 heteroatoms. The van der Waals surface area contributed by atoms with E-state index in [1.807, 2.05) is 0 Å². The number of carbonyl (C=O) groups excluding carboxylic acids is 4. The van der Waals surface area contributed by atoms with E-state index in [2.05, 4.69) is 21.3 Å². The molecule has 0 bridgehead atoms. The zero-order valence-electron chi connectivity index (χ0n) is 21.9. The number of amides is 4. The van der Waals surface area contributed by atoms with Gasteiger partial charge in [-0.15, -0.1) is 0 Å². The molecular formula is C24H36N8O7. The number of rotatable bonds is 13. The van der Waals surface area contributed by atoms with Crippen molar-refractivity contribution in [2.24, 2.45) is 5.73 Å². The molecule has 1 saturated carbocycles. The van der Waals surface area contributed by atoms with Gasteiger partial charge in [-0.3, -0.25) is 34.8 Å².